The first kappa shape index (κ1) is 14.2. The first-order valence-electron chi connectivity index (χ1n) is 5.97. The van der Waals surface area contributed by atoms with Crippen LogP contribution in [0.3, 0.4) is 0 Å². The number of rotatable bonds is 5. The van der Waals surface area contributed by atoms with Crippen molar-refractivity contribution in [3.8, 4) is 0 Å². The van der Waals surface area contributed by atoms with Gasteiger partial charge in [-0.2, -0.15) is 5.10 Å². The highest BCUT2D eigenvalue weighted by molar-refractivity contribution is 7.91. The smallest absolute Gasteiger partial charge is 0.269 e. The molecule has 0 amide bonds. The fraction of sp³-hybridized carbons (Fsp3) is 0.250. The van der Waals surface area contributed by atoms with Crippen molar-refractivity contribution < 1.29 is 13.3 Å². The van der Waals surface area contributed by atoms with E-state index in [2.05, 4.69) is 5.10 Å². The molecule has 0 atom stereocenters. The van der Waals surface area contributed by atoms with E-state index in [1.54, 1.807) is 4.68 Å². The monoisotopic (exact) mass is 295 g/mol. The maximum Gasteiger partial charge on any atom is 0.269 e. The van der Waals surface area contributed by atoms with Crippen LogP contribution in [0.1, 0.15) is 13.3 Å². The molecule has 0 saturated carbocycles. The third kappa shape index (κ3) is 2.69. The van der Waals surface area contributed by atoms with Crippen molar-refractivity contribution in [2.24, 2.45) is 0 Å². The molecule has 1 aromatic heterocycles. The summed E-state index contributed by atoms with van der Waals surface area (Å²) in [6.45, 7) is 2.60. The Morgan fingerprint density at radius 2 is 1.90 bits per heavy atom. The Morgan fingerprint density at radius 3 is 2.45 bits per heavy atom. The van der Waals surface area contributed by atoms with Crippen molar-refractivity contribution in [2.75, 3.05) is 0 Å². The van der Waals surface area contributed by atoms with Gasteiger partial charge in [-0.15, -0.1) is 0 Å². The molecule has 0 radical (unpaired) electrons. The Morgan fingerprint density at radius 1 is 1.25 bits per heavy atom. The minimum absolute atomic E-state index is 0.0131. The molecule has 0 aliphatic carbocycles. The van der Waals surface area contributed by atoms with Crippen molar-refractivity contribution in [3.05, 3.63) is 46.8 Å². The lowest BCUT2D eigenvalue weighted by molar-refractivity contribution is -0.384. The number of hydrogen-bond donors (Lipinski definition) is 0. The highest BCUT2D eigenvalue weighted by Gasteiger charge is 2.20. The molecule has 8 heteroatoms. The summed E-state index contributed by atoms with van der Waals surface area (Å²) in [6.07, 6.45) is 3.59. The molecule has 0 aliphatic heterocycles. The summed E-state index contributed by atoms with van der Waals surface area (Å²) < 4.78 is 26.2. The van der Waals surface area contributed by atoms with Gasteiger partial charge in [-0.25, -0.2) is 8.42 Å². The Labute approximate surface area is 115 Å². The van der Waals surface area contributed by atoms with Crippen LogP contribution in [-0.2, 0) is 16.4 Å². The molecule has 20 heavy (non-hydrogen) atoms. The summed E-state index contributed by atoms with van der Waals surface area (Å²) in [5.74, 6) is 0. The van der Waals surface area contributed by atoms with Crippen LogP contribution in [0.15, 0.2) is 46.5 Å². The van der Waals surface area contributed by atoms with Crippen molar-refractivity contribution in [1.29, 1.82) is 0 Å². The van der Waals surface area contributed by atoms with E-state index in [-0.39, 0.29) is 15.5 Å². The summed E-state index contributed by atoms with van der Waals surface area (Å²) in [5, 5.41) is 14.5. The highest BCUT2D eigenvalue weighted by atomic mass is 32.2. The first-order valence-corrected chi connectivity index (χ1v) is 7.45. The number of non-ortho nitro benzene ring substituents is 1. The number of aromatic nitrogens is 2. The Kier molecular flexibility index (Phi) is 3.84. The SMILES string of the molecule is CCCn1cc(S(=O)(=O)c2ccc([N+](=O)[O-])cc2)cn1. The summed E-state index contributed by atoms with van der Waals surface area (Å²) in [7, 11) is -3.68. The van der Waals surface area contributed by atoms with Gasteiger partial charge in [0.2, 0.25) is 9.84 Å². The average Bonchev–Trinajstić information content (AvgIpc) is 2.88. The standard InChI is InChI=1S/C12H13N3O4S/c1-2-7-14-9-12(8-13-14)20(18,19)11-5-3-10(4-6-11)15(16)17/h3-6,8-9H,2,7H2,1H3. The van der Waals surface area contributed by atoms with Crippen molar-refractivity contribution in [3.63, 3.8) is 0 Å². The molecule has 0 unspecified atom stereocenters. The van der Waals surface area contributed by atoms with Gasteiger partial charge in [-0.1, -0.05) is 6.92 Å². The van der Waals surface area contributed by atoms with Crippen LogP contribution >= 0.6 is 0 Å². The lowest BCUT2D eigenvalue weighted by Crippen LogP contribution is -2.01. The normalized spacial score (nSPS) is 11.4. The van der Waals surface area contributed by atoms with Gasteiger partial charge in [-0.3, -0.25) is 14.8 Å². The van der Waals surface area contributed by atoms with Gasteiger partial charge >= 0.3 is 0 Å². The fourth-order valence-electron chi connectivity index (χ4n) is 1.72. The van der Waals surface area contributed by atoms with Gasteiger partial charge in [0, 0.05) is 24.9 Å². The molecule has 0 N–H and O–H groups in total. The van der Waals surface area contributed by atoms with Crippen LogP contribution in [0.5, 0.6) is 0 Å². The molecule has 0 bridgehead atoms. The third-order valence-corrected chi connectivity index (χ3v) is 4.45. The average molecular weight is 295 g/mol. The van der Waals surface area contributed by atoms with Crippen LogP contribution in [0.25, 0.3) is 0 Å². The van der Waals surface area contributed by atoms with E-state index < -0.39 is 14.8 Å². The number of nitrogens with zero attached hydrogens (tertiary/aromatic N) is 3. The van der Waals surface area contributed by atoms with Crippen molar-refractivity contribution >= 4 is 15.5 Å². The van der Waals surface area contributed by atoms with Crippen LogP contribution in [0, 0.1) is 10.1 Å². The predicted octanol–water partition coefficient (Wildman–Crippen LogP) is 2.03. The maximum atomic E-state index is 12.3. The second-order valence-corrected chi connectivity index (χ2v) is 6.14. The van der Waals surface area contributed by atoms with E-state index in [4.69, 9.17) is 0 Å². The molecule has 0 aliphatic rings. The number of aryl methyl sites for hydroxylation is 1. The van der Waals surface area contributed by atoms with E-state index in [1.165, 1.54) is 36.7 Å². The Bertz CT molecular complexity index is 719. The topological polar surface area (TPSA) is 95.1 Å². The zero-order valence-corrected chi connectivity index (χ0v) is 11.6. The number of nitro benzene ring substituents is 1. The molecular weight excluding hydrogens is 282 g/mol. The molecule has 0 saturated heterocycles. The van der Waals surface area contributed by atoms with E-state index in [1.807, 2.05) is 6.92 Å². The van der Waals surface area contributed by atoms with Gasteiger partial charge in [0.05, 0.1) is 16.0 Å². The molecule has 2 rings (SSSR count). The lowest BCUT2D eigenvalue weighted by Gasteiger charge is -2.01. The summed E-state index contributed by atoms with van der Waals surface area (Å²) in [5.41, 5.74) is -0.148. The Hall–Kier alpha value is -2.22. The van der Waals surface area contributed by atoms with Gasteiger partial charge in [-0.05, 0) is 18.6 Å². The molecule has 106 valence electrons. The van der Waals surface area contributed by atoms with Crippen LogP contribution in [0.2, 0.25) is 0 Å². The first-order chi connectivity index (χ1) is 9.45. The predicted molar refractivity (Wildman–Crippen MR) is 71.1 cm³/mol. The third-order valence-electron chi connectivity index (χ3n) is 2.73. The van der Waals surface area contributed by atoms with E-state index >= 15 is 0 Å². The second kappa shape index (κ2) is 5.41. The molecule has 1 heterocycles. The van der Waals surface area contributed by atoms with Gasteiger partial charge in [0.1, 0.15) is 4.90 Å². The zero-order valence-electron chi connectivity index (χ0n) is 10.8. The van der Waals surface area contributed by atoms with E-state index in [0.717, 1.165) is 6.42 Å². The van der Waals surface area contributed by atoms with Gasteiger partial charge in [0.25, 0.3) is 5.69 Å². The fourth-order valence-corrected chi connectivity index (χ4v) is 2.93. The lowest BCUT2D eigenvalue weighted by atomic mass is 10.3. The number of nitro groups is 1. The maximum absolute atomic E-state index is 12.3. The minimum atomic E-state index is -3.68. The zero-order chi connectivity index (χ0) is 14.8. The molecule has 0 spiro atoms. The van der Waals surface area contributed by atoms with Crippen molar-refractivity contribution in [1.82, 2.24) is 9.78 Å². The van der Waals surface area contributed by atoms with Crippen LogP contribution in [0.4, 0.5) is 5.69 Å². The number of sulfone groups is 1. The van der Waals surface area contributed by atoms with Crippen LogP contribution < -0.4 is 0 Å². The Balaban J connectivity index is 2.35. The second-order valence-electron chi connectivity index (χ2n) is 4.19. The minimum Gasteiger partial charge on any atom is -0.271 e. The highest BCUT2D eigenvalue weighted by Crippen LogP contribution is 2.22. The summed E-state index contributed by atoms with van der Waals surface area (Å²) >= 11 is 0. The number of hydrogen-bond acceptors (Lipinski definition) is 5. The van der Waals surface area contributed by atoms with E-state index in [0.29, 0.717) is 6.54 Å². The summed E-state index contributed by atoms with van der Waals surface area (Å²) in [4.78, 5) is 10.1. The quantitative estimate of drug-likeness (QED) is 0.621. The van der Waals surface area contributed by atoms with E-state index in [9.17, 15) is 18.5 Å². The van der Waals surface area contributed by atoms with Crippen molar-refractivity contribution in [2.45, 2.75) is 29.7 Å². The molecule has 2 aromatic rings. The molecular formula is C12H13N3O4S. The van der Waals surface area contributed by atoms with Gasteiger partial charge in [0.15, 0.2) is 0 Å². The molecule has 1 aromatic carbocycles. The van der Waals surface area contributed by atoms with Crippen LogP contribution in [-0.4, -0.2) is 23.1 Å². The van der Waals surface area contributed by atoms with Gasteiger partial charge < -0.3 is 0 Å². The molecule has 0 fully saturated rings. The largest absolute Gasteiger partial charge is 0.271 e. The summed E-state index contributed by atoms with van der Waals surface area (Å²) in [6, 6.07) is 4.79. The molecule has 7 nitrogen and oxygen atoms in total. The number of benzene rings is 1.